The van der Waals surface area contributed by atoms with Gasteiger partial charge in [0, 0.05) is 41.3 Å². The first kappa shape index (κ1) is 27.3. The molecule has 0 spiro atoms. The first-order chi connectivity index (χ1) is 23.2. The van der Waals surface area contributed by atoms with Gasteiger partial charge in [-0.15, -0.1) is 0 Å². The summed E-state index contributed by atoms with van der Waals surface area (Å²) in [5.41, 5.74) is 16.6. The number of benzene rings is 4. The van der Waals surface area contributed by atoms with Crippen molar-refractivity contribution in [1.82, 2.24) is 15.0 Å². The highest BCUT2D eigenvalue weighted by atomic mass is 16.3. The van der Waals surface area contributed by atoms with Gasteiger partial charge in [0.25, 0.3) is 0 Å². The summed E-state index contributed by atoms with van der Waals surface area (Å²) in [4.78, 5) is 14.0. The van der Waals surface area contributed by atoms with E-state index in [9.17, 15) is 0 Å². The first-order valence-corrected chi connectivity index (χ1v) is 16.0. The van der Waals surface area contributed by atoms with E-state index in [4.69, 9.17) is 13.8 Å². The Balaban J connectivity index is 0.00000149. The molecule has 0 N–H and O–H groups in total. The summed E-state index contributed by atoms with van der Waals surface area (Å²) in [7, 11) is 0. The van der Waals surface area contributed by atoms with Crippen molar-refractivity contribution in [3.63, 3.8) is 0 Å². The number of aromatic nitrogens is 3. The van der Waals surface area contributed by atoms with Crippen LogP contribution in [0.3, 0.4) is 0 Å². The van der Waals surface area contributed by atoms with Gasteiger partial charge in [-0.05, 0) is 123 Å². The van der Waals surface area contributed by atoms with Gasteiger partial charge in [-0.3, -0.25) is 15.0 Å². The van der Waals surface area contributed by atoms with Crippen molar-refractivity contribution in [2.75, 3.05) is 0 Å². The van der Waals surface area contributed by atoms with Crippen LogP contribution in [0.25, 0.3) is 88.8 Å². The molecule has 0 aliphatic heterocycles. The molecule has 5 nitrogen and oxygen atoms in total. The Morgan fingerprint density at radius 3 is 1.55 bits per heavy atom. The minimum absolute atomic E-state index is 0.792. The molecule has 0 saturated heterocycles. The fourth-order valence-corrected chi connectivity index (χ4v) is 6.84. The Bertz CT molecular complexity index is 2510. The summed E-state index contributed by atoms with van der Waals surface area (Å²) < 4.78 is 12.2. The van der Waals surface area contributed by atoms with Crippen molar-refractivity contribution in [3.8, 4) is 44.6 Å². The number of pyridine rings is 3. The number of hydrogen-bond acceptors (Lipinski definition) is 5. The lowest BCUT2D eigenvalue weighted by atomic mass is 9.91. The van der Waals surface area contributed by atoms with E-state index >= 15 is 0 Å². The van der Waals surface area contributed by atoms with E-state index in [1.807, 2.05) is 74.9 Å². The van der Waals surface area contributed by atoms with Crippen LogP contribution in [-0.2, 0) is 6.42 Å². The van der Waals surface area contributed by atoms with Crippen molar-refractivity contribution in [3.05, 3.63) is 139 Å². The Hall–Kier alpha value is -6.07. The Morgan fingerprint density at radius 2 is 0.957 bits per heavy atom. The fourth-order valence-electron chi connectivity index (χ4n) is 6.84. The summed E-state index contributed by atoms with van der Waals surface area (Å²) >= 11 is 0. The summed E-state index contributed by atoms with van der Waals surface area (Å²) in [6.07, 6.45) is 6.43. The van der Waals surface area contributed by atoms with Crippen LogP contribution in [0.2, 0.25) is 0 Å². The maximum atomic E-state index is 6.09. The van der Waals surface area contributed by atoms with Crippen LogP contribution < -0.4 is 0 Å². The van der Waals surface area contributed by atoms with Crippen LogP contribution >= 0.6 is 0 Å². The minimum atomic E-state index is 0.792. The van der Waals surface area contributed by atoms with Gasteiger partial charge >= 0.3 is 0 Å². The molecule has 47 heavy (non-hydrogen) atoms. The molecule has 1 aliphatic rings. The molecule has 9 aromatic rings. The average molecular weight is 608 g/mol. The van der Waals surface area contributed by atoms with Crippen LogP contribution in [0.15, 0.2) is 137 Å². The number of fused-ring (bicyclic) bond motifs is 9. The van der Waals surface area contributed by atoms with Crippen LogP contribution in [0, 0.1) is 0 Å². The van der Waals surface area contributed by atoms with E-state index in [2.05, 4.69) is 76.7 Å². The molecule has 224 valence electrons. The van der Waals surface area contributed by atoms with Crippen LogP contribution in [0.5, 0.6) is 0 Å². The van der Waals surface area contributed by atoms with E-state index in [0.717, 1.165) is 89.6 Å². The van der Waals surface area contributed by atoms with E-state index in [1.54, 1.807) is 0 Å². The van der Waals surface area contributed by atoms with Crippen molar-refractivity contribution in [2.45, 2.75) is 20.3 Å². The second kappa shape index (κ2) is 10.8. The zero-order valence-electron chi connectivity index (χ0n) is 26.0. The maximum Gasteiger partial charge on any atom is 0.153 e. The van der Waals surface area contributed by atoms with Crippen LogP contribution in [0.4, 0.5) is 0 Å². The molecule has 0 atom stereocenters. The van der Waals surface area contributed by atoms with Crippen LogP contribution in [-0.4, -0.2) is 15.0 Å². The van der Waals surface area contributed by atoms with E-state index in [0.29, 0.717) is 0 Å². The van der Waals surface area contributed by atoms with Gasteiger partial charge in [0.05, 0.1) is 5.69 Å². The lowest BCUT2D eigenvalue weighted by Crippen LogP contribution is -1.88. The Kier molecular flexibility index (Phi) is 6.25. The standard InChI is InChI=1S/C40H23N3O2.C2H6/c1-4-27-16-26-8-7-23(20-31(26)38(27)41-13-1)28-17-29(24-9-11-34-32(21-24)39-36(44-34)5-2-14-42-39)19-30(18-28)25-10-12-35-33(22-25)40-37(45-35)6-3-15-43-40;1-2/h1-15,17-22H,16H2;1-2H3. The molecule has 4 aromatic carbocycles. The third-order valence-corrected chi connectivity index (χ3v) is 9.02. The fraction of sp³-hybridized carbons (Fsp3) is 0.0714. The molecule has 0 saturated carbocycles. The lowest BCUT2D eigenvalue weighted by molar-refractivity contribution is 0.668. The first-order valence-electron chi connectivity index (χ1n) is 16.0. The predicted octanol–water partition coefficient (Wildman–Crippen LogP) is 11.3. The largest absolute Gasteiger partial charge is 0.454 e. The highest BCUT2D eigenvalue weighted by Gasteiger charge is 2.20. The molecule has 0 radical (unpaired) electrons. The zero-order chi connectivity index (χ0) is 31.5. The molecular formula is C42H29N3O2. The van der Waals surface area contributed by atoms with Crippen molar-refractivity contribution >= 4 is 44.1 Å². The molecule has 1 aliphatic carbocycles. The third-order valence-electron chi connectivity index (χ3n) is 9.02. The normalized spacial score (nSPS) is 12.0. The molecule has 0 amide bonds. The molecule has 0 fully saturated rings. The second-order valence-corrected chi connectivity index (χ2v) is 11.7. The number of rotatable bonds is 3. The molecule has 0 unspecified atom stereocenters. The van der Waals surface area contributed by atoms with Crippen LogP contribution in [0.1, 0.15) is 25.0 Å². The lowest BCUT2D eigenvalue weighted by Gasteiger charge is -2.13. The number of hydrogen-bond donors (Lipinski definition) is 0. The molecule has 5 heterocycles. The molecular weight excluding hydrogens is 578 g/mol. The predicted molar refractivity (Wildman–Crippen MR) is 190 cm³/mol. The van der Waals surface area contributed by atoms with E-state index in [-0.39, 0.29) is 0 Å². The summed E-state index contributed by atoms with van der Waals surface area (Å²) in [5, 5.41) is 2.01. The molecule has 5 heteroatoms. The SMILES string of the molecule is CC.c1cnc2c(c1)Cc1ccc(-c3cc(-c4ccc5oc6cccnc6c5c4)cc(-c4ccc5oc6cccnc6c5c4)c3)cc1-2. The highest BCUT2D eigenvalue weighted by molar-refractivity contribution is 6.05. The van der Waals surface area contributed by atoms with E-state index < -0.39 is 0 Å². The average Bonchev–Trinajstić information content (AvgIpc) is 3.82. The van der Waals surface area contributed by atoms with Gasteiger partial charge in [-0.1, -0.05) is 44.2 Å². The van der Waals surface area contributed by atoms with Gasteiger partial charge in [0.2, 0.25) is 0 Å². The second-order valence-electron chi connectivity index (χ2n) is 11.7. The number of furan rings is 2. The Morgan fingerprint density at radius 1 is 0.447 bits per heavy atom. The van der Waals surface area contributed by atoms with Gasteiger partial charge in [-0.25, -0.2) is 0 Å². The minimum Gasteiger partial charge on any atom is -0.454 e. The molecule has 0 bridgehead atoms. The smallest absolute Gasteiger partial charge is 0.153 e. The van der Waals surface area contributed by atoms with Crippen molar-refractivity contribution < 1.29 is 8.83 Å². The number of nitrogens with zero attached hydrogens (tertiary/aromatic N) is 3. The monoisotopic (exact) mass is 607 g/mol. The quantitative estimate of drug-likeness (QED) is 0.200. The highest BCUT2D eigenvalue weighted by Crippen LogP contribution is 2.41. The summed E-state index contributed by atoms with van der Waals surface area (Å²) in [5.74, 6) is 0. The maximum absolute atomic E-state index is 6.09. The van der Waals surface area contributed by atoms with Crippen molar-refractivity contribution in [2.24, 2.45) is 0 Å². The van der Waals surface area contributed by atoms with Gasteiger partial charge in [0.1, 0.15) is 22.2 Å². The van der Waals surface area contributed by atoms with Gasteiger partial charge < -0.3 is 8.83 Å². The topological polar surface area (TPSA) is 65.0 Å². The van der Waals surface area contributed by atoms with Gasteiger partial charge in [0.15, 0.2) is 11.2 Å². The van der Waals surface area contributed by atoms with Crippen molar-refractivity contribution in [1.29, 1.82) is 0 Å². The Labute approximate surface area is 271 Å². The zero-order valence-corrected chi connectivity index (χ0v) is 26.0. The summed E-state index contributed by atoms with van der Waals surface area (Å²) in [6, 6.07) is 38.3. The van der Waals surface area contributed by atoms with Gasteiger partial charge in [-0.2, -0.15) is 0 Å². The molecule has 5 aromatic heterocycles. The summed E-state index contributed by atoms with van der Waals surface area (Å²) in [6.45, 7) is 4.00. The third kappa shape index (κ3) is 4.43. The van der Waals surface area contributed by atoms with E-state index in [1.165, 1.54) is 16.7 Å². The molecule has 10 rings (SSSR count).